The summed E-state index contributed by atoms with van der Waals surface area (Å²) in [7, 11) is 5.17. The molecule has 0 radical (unpaired) electrons. The lowest BCUT2D eigenvalue weighted by Gasteiger charge is -2.24. The highest BCUT2D eigenvalue weighted by Gasteiger charge is 2.23. The highest BCUT2D eigenvalue weighted by Crippen LogP contribution is 2.28. The van der Waals surface area contributed by atoms with Crippen LogP contribution in [0.4, 0.5) is 4.39 Å². The van der Waals surface area contributed by atoms with Crippen LogP contribution in [0.2, 0.25) is 0 Å². The molecule has 0 aliphatic rings. The van der Waals surface area contributed by atoms with Crippen LogP contribution < -0.4 is 9.64 Å². The van der Waals surface area contributed by atoms with Gasteiger partial charge in [-0.15, -0.1) is 11.3 Å². The van der Waals surface area contributed by atoms with Gasteiger partial charge < -0.3 is 14.5 Å². The number of halogens is 1. The molecule has 1 amide bonds. The number of fused-ring (bicyclic) bond motifs is 1. The minimum Gasteiger partial charge on any atom is -0.494 e. The topological polar surface area (TPSA) is 46.9 Å². The lowest BCUT2D eigenvalue weighted by atomic mass is 10.2. The molecule has 0 saturated carbocycles. The van der Waals surface area contributed by atoms with Crippen molar-refractivity contribution in [3.63, 3.8) is 0 Å². The van der Waals surface area contributed by atoms with E-state index < -0.39 is 0 Å². The highest BCUT2D eigenvalue weighted by molar-refractivity contribution is 7.18. The van der Waals surface area contributed by atoms with Gasteiger partial charge in [-0.3, -0.25) is 4.79 Å². The third kappa shape index (κ3) is 4.48. The Morgan fingerprint density at radius 3 is 2.75 bits per heavy atom. The highest BCUT2D eigenvalue weighted by atomic mass is 32.1. The zero-order chi connectivity index (χ0) is 20.3. The Morgan fingerprint density at radius 1 is 1.32 bits per heavy atom. The molecule has 0 saturated heterocycles. The molecule has 5 nitrogen and oxygen atoms in total. The number of rotatable bonds is 7. The van der Waals surface area contributed by atoms with E-state index in [0.717, 1.165) is 25.7 Å². The predicted octanol–water partition coefficient (Wildman–Crippen LogP) is 2.68. The third-order valence-electron chi connectivity index (χ3n) is 4.82. The van der Waals surface area contributed by atoms with Gasteiger partial charge in [0.25, 0.3) is 5.91 Å². The zero-order valence-electron chi connectivity index (χ0n) is 16.5. The molecule has 3 aromatic rings. The summed E-state index contributed by atoms with van der Waals surface area (Å²) in [6, 6.07) is 12.8. The van der Waals surface area contributed by atoms with E-state index >= 15 is 0 Å². The van der Waals surface area contributed by atoms with Crippen LogP contribution in [0.5, 0.6) is 5.75 Å². The van der Waals surface area contributed by atoms with Crippen LogP contribution in [-0.2, 0) is 11.3 Å². The molecule has 1 unspecified atom stereocenters. The molecule has 1 heterocycles. The first-order valence-electron chi connectivity index (χ1n) is 9.14. The molecule has 1 N–H and O–H groups in total. The van der Waals surface area contributed by atoms with E-state index in [2.05, 4.69) is 4.98 Å². The van der Waals surface area contributed by atoms with Crippen LogP contribution in [0.25, 0.3) is 10.2 Å². The van der Waals surface area contributed by atoms with Crippen molar-refractivity contribution in [3.8, 4) is 5.75 Å². The average molecular weight is 403 g/mol. The van der Waals surface area contributed by atoms with Gasteiger partial charge in [-0.2, -0.15) is 0 Å². The van der Waals surface area contributed by atoms with Gasteiger partial charge in [-0.1, -0.05) is 12.1 Å². The maximum atomic E-state index is 13.9. The minimum atomic E-state index is -0.388. The summed E-state index contributed by atoms with van der Waals surface area (Å²) in [5.41, 5.74) is 1.78. The summed E-state index contributed by atoms with van der Waals surface area (Å²) in [6.45, 7) is 2.86. The molecule has 28 heavy (non-hydrogen) atoms. The molecule has 2 aromatic carbocycles. The Hall–Kier alpha value is -2.51. The van der Waals surface area contributed by atoms with Crippen LogP contribution in [0.15, 0.2) is 42.5 Å². The van der Waals surface area contributed by atoms with Crippen LogP contribution in [0, 0.1) is 5.82 Å². The lowest BCUT2D eigenvalue weighted by Crippen LogP contribution is -3.08. The fraction of sp³-hybridized carbons (Fsp3) is 0.333. The van der Waals surface area contributed by atoms with Gasteiger partial charge in [-0.05, 0) is 37.3 Å². The molecule has 0 bridgehead atoms. The SMILES string of the molecule is COc1ccc(C[NH+](C)CC(=O)N(C)[C@@H](C)c2nc3ccccc3s2)cc1F. The number of ether oxygens (including phenoxy) is 1. The fourth-order valence-corrected chi connectivity index (χ4v) is 4.13. The Balaban J connectivity index is 1.61. The fourth-order valence-electron chi connectivity index (χ4n) is 3.06. The van der Waals surface area contributed by atoms with Gasteiger partial charge in [0.2, 0.25) is 0 Å². The Kier molecular flexibility index (Phi) is 6.26. The number of carbonyl (C=O) groups is 1. The Bertz CT molecular complexity index is 942. The number of nitrogens with one attached hydrogen (secondary N) is 1. The number of nitrogens with zero attached hydrogens (tertiary/aromatic N) is 2. The molecule has 0 fully saturated rings. The normalized spacial score (nSPS) is 13.3. The summed E-state index contributed by atoms with van der Waals surface area (Å²) >= 11 is 1.61. The number of hydrogen-bond acceptors (Lipinski definition) is 4. The Labute approximate surface area is 168 Å². The van der Waals surface area contributed by atoms with Gasteiger partial charge in [0.1, 0.15) is 11.6 Å². The molecule has 0 aliphatic carbocycles. The van der Waals surface area contributed by atoms with Gasteiger partial charge in [-0.25, -0.2) is 9.37 Å². The number of likely N-dealkylation sites (N-methyl/N-ethyl adjacent to an activating group) is 2. The van der Waals surface area contributed by atoms with Crippen molar-refractivity contribution in [2.75, 3.05) is 27.7 Å². The largest absolute Gasteiger partial charge is 0.494 e. The first kappa shape index (κ1) is 20.2. The molecule has 148 valence electrons. The lowest BCUT2D eigenvalue weighted by molar-refractivity contribution is -0.885. The maximum absolute atomic E-state index is 13.9. The molecular formula is C21H25FN3O2S+. The summed E-state index contributed by atoms with van der Waals surface area (Å²) in [4.78, 5) is 20.1. The second-order valence-corrected chi connectivity index (χ2v) is 8.04. The maximum Gasteiger partial charge on any atom is 0.278 e. The number of hydrogen-bond donors (Lipinski definition) is 1. The monoisotopic (exact) mass is 402 g/mol. The van der Waals surface area contributed by atoms with Crippen LogP contribution in [0.3, 0.4) is 0 Å². The van der Waals surface area contributed by atoms with Crippen molar-refractivity contribution in [1.29, 1.82) is 0 Å². The minimum absolute atomic E-state index is 0.0261. The second kappa shape index (κ2) is 8.67. The Morgan fingerprint density at radius 2 is 2.07 bits per heavy atom. The van der Waals surface area contributed by atoms with Crippen molar-refractivity contribution in [2.24, 2.45) is 0 Å². The standard InChI is InChI=1S/C21H24FN3O2S/c1-14(21-23-17-7-5-6-8-19(17)28-21)25(3)20(26)13-24(2)12-15-9-10-18(27-4)16(22)11-15/h5-11,14H,12-13H2,1-4H3/p+1/t14-/m0/s1. The molecule has 3 rings (SSSR count). The number of carbonyl (C=O) groups excluding carboxylic acids is 1. The van der Waals surface area contributed by atoms with Gasteiger partial charge in [0.05, 0.1) is 30.4 Å². The number of aromatic nitrogens is 1. The van der Waals surface area contributed by atoms with Gasteiger partial charge >= 0.3 is 0 Å². The number of quaternary nitrogens is 1. The zero-order valence-corrected chi connectivity index (χ0v) is 17.3. The van der Waals surface area contributed by atoms with Crippen LogP contribution >= 0.6 is 11.3 Å². The van der Waals surface area contributed by atoms with Crippen molar-refractivity contribution >= 4 is 27.5 Å². The van der Waals surface area contributed by atoms with E-state index in [0.29, 0.717) is 13.1 Å². The van der Waals surface area contributed by atoms with E-state index in [4.69, 9.17) is 4.74 Å². The summed E-state index contributed by atoms with van der Waals surface area (Å²) in [6.07, 6.45) is 0. The van der Waals surface area contributed by atoms with Gasteiger partial charge in [0, 0.05) is 12.6 Å². The average Bonchev–Trinajstić information content (AvgIpc) is 3.11. The van der Waals surface area contributed by atoms with E-state index in [1.54, 1.807) is 29.4 Å². The number of methoxy groups -OCH3 is 1. The van der Waals surface area contributed by atoms with E-state index in [9.17, 15) is 9.18 Å². The van der Waals surface area contributed by atoms with E-state index in [-0.39, 0.29) is 23.5 Å². The first-order valence-corrected chi connectivity index (χ1v) is 9.95. The number of benzene rings is 2. The summed E-state index contributed by atoms with van der Waals surface area (Å²) in [5, 5.41) is 0.923. The van der Waals surface area contributed by atoms with Crippen molar-refractivity contribution in [1.82, 2.24) is 9.88 Å². The smallest absolute Gasteiger partial charge is 0.278 e. The molecule has 0 aliphatic heterocycles. The van der Waals surface area contributed by atoms with E-state index in [1.165, 1.54) is 13.2 Å². The van der Waals surface area contributed by atoms with Crippen molar-refractivity contribution < 1.29 is 18.8 Å². The summed E-state index contributed by atoms with van der Waals surface area (Å²) in [5.74, 6) is -0.138. The molecular weight excluding hydrogens is 377 g/mol. The van der Waals surface area contributed by atoms with E-state index in [1.807, 2.05) is 44.3 Å². The van der Waals surface area contributed by atoms with Crippen LogP contribution in [0.1, 0.15) is 23.5 Å². The van der Waals surface area contributed by atoms with Crippen molar-refractivity contribution in [2.45, 2.75) is 19.5 Å². The first-order chi connectivity index (χ1) is 13.4. The number of thiazole rings is 1. The third-order valence-corrected chi connectivity index (χ3v) is 6.02. The van der Waals surface area contributed by atoms with Gasteiger partial charge in [0.15, 0.2) is 18.1 Å². The van der Waals surface area contributed by atoms with Crippen LogP contribution in [-0.4, -0.2) is 43.5 Å². The number of para-hydroxylation sites is 1. The molecule has 1 aromatic heterocycles. The van der Waals surface area contributed by atoms with Crippen molar-refractivity contribution in [3.05, 3.63) is 58.9 Å². The quantitative estimate of drug-likeness (QED) is 0.661. The second-order valence-electron chi connectivity index (χ2n) is 6.98. The number of amides is 1. The molecule has 2 atom stereocenters. The predicted molar refractivity (Wildman–Crippen MR) is 109 cm³/mol. The molecule has 7 heteroatoms. The summed E-state index contributed by atoms with van der Waals surface area (Å²) < 4.78 is 19.9. The molecule has 0 spiro atoms.